The molecule has 19 heavy (non-hydrogen) atoms. The Morgan fingerprint density at radius 3 is 2.84 bits per heavy atom. The SMILES string of the molecule is Cc1nnc(SCc2cn3cc(Br)ccc3n2)n1C. The Kier molecular flexibility index (Phi) is 3.32. The van der Waals surface area contributed by atoms with Gasteiger partial charge < -0.3 is 8.97 Å². The molecule has 0 unspecified atom stereocenters. The minimum Gasteiger partial charge on any atom is -0.309 e. The van der Waals surface area contributed by atoms with Crippen molar-refractivity contribution in [3.63, 3.8) is 0 Å². The van der Waals surface area contributed by atoms with Crippen molar-refractivity contribution in [1.82, 2.24) is 24.1 Å². The van der Waals surface area contributed by atoms with Gasteiger partial charge >= 0.3 is 0 Å². The second kappa shape index (κ2) is 4.97. The van der Waals surface area contributed by atoms with Gasteiger partial charge in [0.25, 0.3) is 0 Å². The minimum absolute atomic E-state index is 0.783. The number of fused-ring (bicyclic) bond motifs is 1. The summed E-state index contributed by atoms with van der Waals surface area (Å²) in [7, 11) is 1.97. The van der Waals surface area contributed by atoms with Gasteiger partial charge in [-0.05, 0) is 35.0 Å². The van der Waals surface area contributed by atoms with Crippen molar-refractivity contribution < 1.29 is 0 Å². The Labute approximate surface area is 123 Å². The van der Waals surface area contributed by atoms with E-state index in [0.29, 0.717) is 0 Å². The zero-order valence-corrected chi connectivity index (χ0v) is 12.9. The third-order valence-electron chi connectivity index (χ3n) is 2.87. The van der Waals surface area contributed by atoms with Gasteiger partial charge in [-0.3, -0.25) is 0 Å². The van der Waals surface area contributed by atoms with Crippen LogP contribution in [0.4, 0.5) is 0 Å². The molecule has 3 aromatic heterocycles. The molecule has 0 saturated heterocycles. The average Bonchev–Trinajstić information content (AvgIpc) is 2.92. The first-order chi connectivity index (χ1) is 9.13. The molecule has 0 aliphatic carbocycles. The van der Waals surface area contributed by atoms with Gasteiger partial charge in [-0.1, -0.05) is 11.8 Å². The Hall–Kier alpha value is -1.34. The number of thioether (sulfide) groups is 1. The van der Waals surface area contributed by atoms with E-state index in [1.165, 1.54) is 0 Å². The minimum atomic E-state index is 0.783. The summed E-state index contributed by atoms with van der Waals surface area (Å²) in [5.74, 6) is 1.70. The van der Waals surface area contributed by atoms with Gasteiger partial charge in [0, 0.05) is 29.7 Å². The van der Waals surface area contributed by atoms with E-state index in [0.717, 1.165) is 32.5 Å². The highest BCUT2D eigenvalue weighted by Gasteiger charge is 2.08. The third-order valence-corrected chi connectivity index (χ3v) is 4.39. The molecule has 0 bridgehead atoms. The lowest BCUT2D eigenvalue weighted by Gasteiger charge is -1.98. The lowest BCUT2D eigenvalue weighted by Crippen LogP contribution is -1.93. The molecular formula is C12H12BrN5S. The van der Waals surface area contributed by atoms with E-state index in [2.05, 4.69) is 31.1 Å². The number of imidazole rings is 1. The van der Waals surface area contributed by atoms with Crippen LogP contribution in [0.25, 0.3) is 5.65 Å². The third kappa shape index (κ3) is 2.52. The maximum atomic E-state index is 4.57. The van der Waals surface area contributed by atoms with Crippen LogP contribution in [0.3, 0.4) is 0 Å². The number of aryl methyl sites for hydroxylation is 1. The molecule has 3 rings (SSSR count). The van der Waals surface area contributed by atoms with Gasteiger partial charge in [-0.25, -0.2) is 4.98 Å². The van der Waals surface area contributed by atoms with Gasteiger partial charge in [-0.2, -0.15) is 0 Å². The van der Waals surface area contributed by atoms with Gasteiger partial charge in [0.1, 0.15) is 11.5 Å². The molecule has 0 spiro atoms. The zero-order valence-electron chi connectivity index (χ0n) is 10.5. The highest BCUT2D eigenvalue weighted by molar-refractivity contribution is 9.10. The Morgan fingerprint density at radius 2 is 2.11 bits per heavy atom. The fourth-order valence-electron chi connectivity index (χ4n) is 1.74. The van der Waals surface area contributed by atoms with Gasteiger partial charge in [0.15, 0.2) is 5.16 Å². The number of nitrogens with zero attached hydrogens (tertiary/aromatic N) is 5. The highest BCUT2D eigenvalue weighted by atomic mass is 79.9. The van der Waals surface area contributed by atoms with Gasteiger partial charge in [0.05, 0.1) is 5.69 Å². The molecule has 0 aliphatic rings. The van der Waals surface area contributed by atoms with Crippen LogP contribution in [-0.2, 0) is 12.8 Å². The molecule has 0 aliphatic heterocycles. The van der Waals surface area contributed by atoms with Crippen LogP contribution in [0.15, 0.2) is 34.2 Å². The summed E-state index contributed by atoms with van der Waals surface area (Å²) in [6, 6.07) is 3.98. The van der Waals surface area contributed by atoms with E-state index < -0.39 is 0 Å². The van der Waals surface area contributed by atoms with Crippen LogP contribution < -0.4 is 0 Å². The largest absolute Gasteiger partial charge is 0.309 e. The quantitative estimate of drug-likeness (QED) is 0.689. The van der Waals surface area contributed by atoms with E-state index in [1.54, 1.807) is 11.8 Å². The van der Waals surface area contributed by atoms with Crippen molar-refractivity contribution in [3.05, 3.63) is 40.5 Å². The molecule has 5 nitrogen and oxygen atoms in total. The van der Waals surface area contributed by atoms with Crippen LogP contribution >= 0.6 is 27.7 Å². The van der Waals surface area contributed by atoms with E-state index in [1.807, 2.05) is 47.5 Å². The second-order valence-electron chi connectivity index (χ2n) is 4.22. The smallest absolute Gasteiger partial charge is 0.191 e. The van der Waals surface area contributed by atoms with Crippen molar-refractivity contribution in [2.45, 2.75) is 17.8 Å². The van der Waals surface area contributed by atoms with Gasteiger partial charge in [-0.15, -0.1) is 10.2 Å². The molecule has 7 heteroatoms. The monoisotopic (exact) mass is 337 g/mol. The Morgan fingerprint density at radius 1 is 1.26 bits per heavy atom. The van der Waals surface area contributed by atoms with Crippen LogP contribution in [0.2, 0.25) is 0 Å². The summed E-state index contributed by atoms with van der Waals surface area (Å²) in [5.41, 5.74) is 1.98. The summed E-state index contributed by atoms with van der Waals surface area (Å²) in [6.07, 6.45) is 4.04. The van der Waals surface area contributed by atoms with Crippen LogP contribution in [0.5, 0.6) is 0 Å². The molecule has 0 amide bonds. The van der Waals surface area contributed by atoms with E-state index >= 15 is 0 Å². The number of pyridine rings is 1. The van der Waals surface area contributed by atoms with E-state index in [-0.39, 0.29) is 0 Å². The molecule has 0 aromatic carbocycles. The number of hydrogen-bond donors (Lipinski definition) is 0. The molecule has 0 N–H and O–H groups in total. The van der Waals surface area contributed by atoms with E-state index in [9.17, 15) is 0 Å². The molecule has 3 aromatic rings. The lowest BCUT2D eigenvalue weighted by molar-refractivity contribution is 0.765. The number of rotatable bonds is 3. The predicted molar refractivity (Wildman–Crippen MR) is 78.2 cm³/mol. The maximum Gasteiger partial charge on any atom is 0.191 e. The topological polar surface area (TPSA) is 48.0 Å². The van der Waals surface area contributed by atoms with Gasteiger partial charge in [0.2, 0.25) is 0 Å². The summed E-state index contributed by atoms with van der Waals surface area (Å²) >= 11 is 5.10. The summed E-state index contributed by atoms with van der Waals surface area (Å²) < 4.78 is 5.04. The van der Waals surface area contributed by atoms with Crippen LogP contribution in [0.1, 0.15) is 11.5 Å². The second-order valence-corrected chi connectivity index (χ2v) is 6.08. The van der Waals surface area contributed by atoms with Crippen molar-refractivity contribution in [3.8, 4) is 0 Å². The molecular weight excluding hydrogens is 326 g/mol. The number of aromatic nitrogens is 5. The fraction of sp³-hybridized carbons (Fsp3) is 0.250. The van der Waals surface area contributed by atoms with Crippen molar-refractivity contribution in [2.75, 3.05) is 0 Å². The Bertz CT molecular complexity index is 733. The zero-order chi connectivity index (χ0) is 13.4. The lowest BCUT2D eigenvalue weighted by atomic mass is 10.5. The molecule has 3 heterocycles. The van der Waals surface area contributed by atoms with Crippen molar-refractivity contribution in [2.24, 2.45) is 7.05 Å². The highest BCUT2D eigenvalue weighted by Crippen LogP contribution is 2.21. The predicted octanol–water partition coefficient (Wildman–Crippen LogP) is 2.83. The summed E-state index contributed by atoms with van der Waals surface area (Å²) in [5, 5.41) is 9.09. The molecule has 0 radical (unpaired) electrons. The first kappa shape index (κ1) is 12.7. The molecule has 0 atom stereocenters. The van der Waals surface area contributed by atoms with Crippen LogP contribution in [0, 0.1) is 6.92 Å². The first-order valence-corrected chi connectivity index (χ1v) is 7.53. The summed E-state index contributed by atoms with van der Waals surface area (Å²) in [4.78, 5) is 4.57. The molecule has 0 fully saturated rings. The number of hydrogen-bond acceptors (Lipinski definition) is 4. The van der Waals surface area contributed by atoms with Crippen molar-refractivity contribution >= 4 is 33.3 Å². The normalized spacial score (nSPS) is 11.3. The van der Waals surface area contributed by atoms with Crippen LogP contribution in [-0.4, -0.2) is 24.1 Å². The van der Waals surface area contributed by atoms with E-state index in [4.69, 9.17) is 0 Å². The first-order valence-electron chi connectivity index (χ1n) is 5.75. The Balaban J connectivity index is 1.80. The molecule has 0 saturated carbocycles. The van der Waals surface area contributed by atoms with Crippen molar-refractivity contribution in [1.29, 1.82) is 0 Å². The number of halogens is 1. The standard InChI is InChI=1S/C12H12BrN5S/c1-8-15-16-12(17(8)2)19-7-10-6-18-5-9(13)3-4-11(18)14-10/h3-6H,7H2,1-2H3. The summed E-state index contributed by atoms with van der Waals surface area (Å²) in [6.45, 7) is 1.94. The fourth-order valence-corrected chi connectivity index (χ4v) is 2.93. The average molecular weight is 338 g/mol. The maximum absolute atomic E-state index is 4.57. The molecule has 98 valence electrons.